The Bertz CT molecular complexity index is 868. The second-order valence-electron chi connectivity index (χ2n) is 10.1. The van der Waals surface area contributed by atoms with Crippen LogP contribution in [0, 0.1) is 22.7 Å². The number of hydrogen-bond acceptors (Lipinski definition) is 4. The van der Waals surface area contributed by atoms with Crippen molar-refractivity contribution in [3.8, 4) is 0 Å². The van der Waals surface area contributed by atoms with Crippen LogP contribution in [0.1, 0.15) is 57.9 Å². The molecule has 3 aliphatic carbocycles. The van der Waals surface area contributed by atoms with E-state index in [4.69, 9.17) is 0 Å². The van der Waals surface area contributed by atoms with Crippen molar-refractivity contribution in [2.45, 2.75) is 69.9 Å². The van der Waals surface area contributed by atoms with E-state index in [9.17, 15) is 19.8 Å². The predicted octanol–water partition coefficient (Wildman–Crippen LogP) is 3.36. The number of anilines is 1. The highest BCUT2D eigenvalue weighted by Crippen LogP contribution is 2.69. The van der Waals surface area contributed by atoms with Gasteiger partial charge in [0.15, 0.2) is 5.78 Å². The van der Waals surface area contributed by atoms with E-state index in [0.717, 1.165) is 31.4 Å². The number of aliphatic carboxylic acids is 1. The third kappa shape index (κ3) is 2.01. The zero-order chi connectivity index (χ0) is 19.9. The monoisotopic (exact) mass is 383 g/mol. The van der Waals surface area contributed by atoms with Gasteiger partial charge in [0, 0.05) is 17.5 Å². The number of ketones is 1. The number of aliphatic hydroxyl groups excluding tert-OH is 1. The third-order valence-corrected chi connectivity index (χ3v) is 9.13. The lowest BCUT2D eigenvalue weighted by Crippen LogP contribution is -2.66. The average Bonchev–Trinajstić information content (AvgIpc) is 2.67. The molecule has 3 N–H and O–H groups in total. The summed E-state index contributed by atoms with van der Waals surface area (Å²) >= 11 is 0. The summed E-state index contributed by atoms with van der Waals surface area (Å²) in [5.41, 5.74) is 0.867. The summed E-state index contributed by atoms with van der Waals surface area (Å²) in [6.45, 7) is 3.93. The standard InChI is InChI=1S/C23H29NO4/c1-21-9-8-19(26)22(2,20(27)28)17(21)7-10-23-12-15(16(25)11-18(21)23)24-14-6-4-3-5-13(14)23/h3-6,15,17-19,24,26H,7-12H2,1-2H3,(H,27,28)/t15-,17?,18-,19+,21+,22?,23?/m1/s1. The highest BCUT2D eigenvalue weighted by molar-refractivity contribution is 5.90. The molecule has 0 aromatic heterocycles. The Hall–Kier alpha value is -1.88. The molecule has 1 aliphatic heterocycles. The number of rotatable bonds is 1. The first-order chi connectivity index (χ1) is 13.2. The Morgan fingerprint density at radius 2 is 1.89 bits per heavy atom. The van der Waals surface area contributed by atoms with Crippen molar-refractivity contribution in [2.24, 2.45) is 22.7 Å². The molecular weight excluding hydrogens is 354 g/mol. The molecule has 3 saturated carbocycles. The normalized spacial score (nSPS) is 46.6. The van der Waals surface area contributed by atoms with Gasteiger partial charge in [-0.3, -0.25) is 9.59 Å². The van der Waals surface area contributed by atoms with Crippen molar-refractivity contribution < 1.29 is 19.8 Å². The van der Waals surface area contributed by atoms with Gasteiger partial charge in [-0.2, -0.15) is 0 Å². The first kappa shape index (κ1) is 18.2. The molecule has 0 saturated heterocycles. The Labute approximate surface area is 165 Å². The number of benzene rings is 1. The molecule has 150 valence electrons. The van der Waals surface area contributed by atoms with Crippen molar-refractivity contribution in [2.75, 3.05) is 5.32 Å². The van der Waals surface area contributed by atoms with Gasteiger partial charge >= 0.3 is 5.97 Å². The number of hydrogen-bond donors (Lipinski definition) is 3. The summed E-state index contributed by atoms with van der Waals surface area (Å²) in [5.74, 6) is -0.655. The topological polar surface area (TPSA) is 86.6 Å². The molecule has 5 rings (SSSR count). The van der Waals surface area contributed by atoms with E-state index >= 15 is 0 Å². The molecule has 4 aliphatic rings. The van der Waals surface area contributed by atoms with Gasteiger partial charge < -0.3 is 15.5 Å². The van der Waals surface area contributed by atoms with Crippen LogP contribution < -0.4 is 5.32 Å². The Morgan fingerprint density at radius 1 is 1.14 bits per heavy atom. The number of para-hydroxylation sites is 1. The number of Topliss-reactive ketones (excluding diaryl/α,β-unsaturated/α-hetero) is 1. The van der Waals surface area contributed by atoms with Crippen LogP contribution >= 0.6 is 0 Å². The lowest BCUT2D eigenvalue weighted by atomic mass is 9.38. The fourth-order valence-electron chi connectivity index (χ4n) is 7.67. The first-order valence-corrected chi connectivity index (χ1v) is 10.5. The van der Waals surface area contributed by atoms with Gasteiger partial charge in [0.1, 0.15) is 0 Å². The second kappa shape index (κ2) is 5.59. The van der Waals surface area contributed by atoms with E-state index in [1.807, 2.05) is 6.07 Å². The van der Waals surface area contributed by atoms with Gasteiger partial charge in [0.05, 0.1) is 17.6 Å². The molecule has 1 aromatic carbocycles. The van der Waals surface area contributed by atoms with Crippen LogP contribution in [0.2, 0.25) is 0 Å². The van der Waals surface area contributed by atoms with Gasteiger partial charge in [-0.15, -0.1) is 0 Å². The van der Waals surface area contributed by atoms with Crippen molar-refractivity contribution >= 4 is 17.4 Å². The maximum atomic E-state index is 13.0. The quantitative estimate of drug-likeness (QED) is 0.692. The zero-order valence-corrected chi connectivity index (χ0v) is 16.6. The minimum atomic E-state index is -1.15. The van der Waals surface area contributed by atoms with Crippen molar-refractivity contribution in [3.05, 3.63) is 29.8 Å². The first-order valence-electron chi connectivity index (χ1n) is 10.5. The molecule has 0 amide bonds. The van der Waals surface area contributed by atoms with Crippen LogP contribution in [-0.2, 0) is 15.0 Å². The fourth-order valence-corrected chi connectivity index (χ4v) is 7.67. The zero-order valence-electron chi connectivity index (χ0n) is 16.6. The molecule has 2 bridgehead atoms. The number of carboxylic acids is 1. The summed E-state index contributed by atoms with van der Waals surface area (Å²) < 4.78 is 0. The van der Waals surface area contributed by atoms with Crippen LogP contribution in [0.5, 0.6) is 0 Å². The van der Waals surface area contributed by atoms with Crippen LogP contribution in [0.15, 0.2) is 24.3 Å². The summed E-state index contributed by atoms with van der Waals surface area (Å²) in [4.78, 5) is 25.3. The van der Waals surface area contributed by atoms with E-state index in [1.165, 1.54) is 5.56 Å². The van der Waals surface area contributed by atoms with Crippen molar-refractivity contribution in [1.82, 2.24) is 0 Å². The van der Waals surface area contributed by atoms with E-state index in [-0.39, 0.29) is 34.5 Å². The Balaban J connectivity index is 1.67. The van der Waals surface area contributed by atoms with Crippen LogP contribution in [-0.4, -0.2) is 34.1 Å². The molecule has 5 nitrogen and oxygen atoms in total. The average molecular weight is 383 g/mol. The Kier molecular flexibility index (Phi) is 3.63. The molecule has 7 atom stereocenters. The molecule has 0 radical (unpaired) electrons. The summed E-state index contributed by atoms with van der Waals surface area (Å²) in [6, 6.07) is 8.21. The summed E-state index contributed by atoms with van der Waals surface area (Å²) in [7, 11) is 0. The lowest BCUT2D eigenvalue weighted by Gasteiger charge is -2.66. The number of nitrogens with one attached hydrogen (secondary N) is 1. The summed E-state index contributed by atoms with van der Waals surface area (Å²) in [6.07, 6.45) is 3.41. The smallest absolute Gasteiger partial charge is 0.312 e. The number of carboxylic acid groups (broad SMARTS) is 1. The molecule has 3 unspecified atom stereocenters. The number of carbonyl (C=O) groups is 2. The van der Waals surface area contributed by atoms with Gasteiger partial charge in [-0.1, -0.05) is 25.1 Å². The molecule has 28 heavy (non-hydrogen) atoms. The highest BCUT2D eigenvalue weighted by atomic mass is 16.4. The van der Waals surface area contributed by atoms with Gasteiger partial charge in [0.25, 0.3) is 0 Å². The van der Waals surface area contributed by atoms with Gasteiger partial charge in [0.2, 0.25) is 0 Å². The van der Waals surface area contributed by atoms with E-state index < -0.39 is 17.5 Å². The Morgan fingerprint density at radius 3 is 2.64 bits per heavy atom. The minimum Gasteiger partial charge on any atom is -0.481 e. The highest BCUT2D eigenvalue weighted by Gasteiger charge is 2.68. The molecular formula is C23H29NO4. The number of aliphatic hydroxyl groups is 1. The van der Waals surface area contributed by atoms with Crippen LogP contribution in [0.4, 0.5) is 5.69 Å². The van der Waals surface area contributed by atoms with Crippen molar-refractivity contribution in [3.63, 3.8) is 0 Å². The molecule has 5 heteroatoms. The molecule has 1 spiro atoms. The van der Waals surface area contributed by atoms with Crippen LogP contribution in [0.3, 0.4) is 0 Å². The maximum Gasteiger partial charge on any atom is 0.312 e. The van der Waals surface area contributed by atoms with Crippen LogP contribution in [0.25, 0.3) is 0 Å². The van der Waals surface area contributed by atoms with E-state index in [2.05, 4.69) is 30.4 Å². The van der Waals surface area contributed by atoms with E-state index in [1.54, 1.807) is 6.92 Å². The fraction of sp³-hybridized carbons (Fsp3) is 0.652. The lowest BCUT2D eigenvalue weighted by molar-refractivity contribution is -0.197. The minimum absolute atomic E-state index is 0.0760. The largest absolute Gasteiger partial charge is 0.481 e. The predicted molar refractivity (Wildman–Crippen MR) is 105 cm³/mol. The SMILES string of the molecule is CC1(C(=O)O)C2CCC34C[C@@H](Nc5ccccc53)C(=O)C[C@@H]4[C@@]2(C)CC[C@@H]1O. The summed E-state index contributed by atoms with van der Waals surface area (Å²) in [5, 5.41) is 24.2. The molecule has 3 fully saturated rings. The maximum absolute atomic E-state index is 13.0. The number of fused-ring (bicyclic) bond motifs is 4. The number of carbonyl (C=O) groups excluding carboxylic acids is 1. The van der Waals surface area contributed by atoms with E-state index in [0.29, 0.717) is 12.8 Å². The van der Waals surface area contributed by atoms with Crippen molar-refractivity contribution in [1.29, 1.82) is 0 Å². The van der Waals surface area contributed by atoms with Gasteiger partial charge in [-0.05, 0) is 67.9 Å². The van der Waals surface area contributed by atoms with Gasteiger partial charge in [-0.25, -0.2) is 0 Å². The molecule has 1 heterocycles. The third-order valence-electron chi connectivity index (χ3n) is 9.13. The molecule has 1 aromatic rings. The second-order valence-corrected chi connectivity index (χ2v) is 10.1.